The van der Waals surface area contributed by atoms with Gasteiger partial charge in [-0.25, -0.2) is 4.68 Å². The topological polar surface area (TPSA) is 66.5 Å². The Morgan fingerprint density at radius 3 is 2.70 bits per heavy atom. The van der Waals surface area contributed by atoms with Gasteiger partial charge in [0, 0.05) is 0 Å². The van der Waals surface area contributed by atoms with Gasteiger partial charge in [0.25, 0.3) is 0 Å². The van der Waals surface area contributed by atoms with Crippen LogP contribution in [0.25, 0.3) is 5.69 Å². The largest absolute Gasteiger partial charge is 0.375 e. The van der Waals surface area contributed by atoms with E-state index < -0.39 is 0 Å². The van der Waals surface area contributed by atoms with Crippen LogP contribution in [0.3, 0.4) is 0 Å². The number of aromatic nitrogens is 3. The van der Waals surface area contributed by atoms with E-state index in [4.69, 9.17) is 11.6 Å². The Labute approximate surface area is 139 Å². The highest BCUT2D eigenvalue weighted by atomic mass is 35.5. The number of halogens is 1. The number of benzene rings is 2. The van der Waals surface area contributed by atoms with Crippen molar-refractivity contribution in [3.8, 4) is 11.8 Å². The molecule has 1 atom stereocenters. The lowest BCUT2D eigenvalue weighted by Gasteiger charge is -2.15. The molecule has 0 bridgehead atoms. The number of para-hydroxylation sites is 2. The fraction of sp³-hybridized carbons (Fsp3) is 0.118. The van der Waals surface area contributed by atoms with Crippen molar-refractivity contribution >= 4 is 17.3 Å². The predicted molar refractivity (Wildman–Crippen MR) is 89.6 cm³/mol. The minimum absolute atomic E-state index is 0.139. The zero-order valence-electron chi connectivity index (χ0n) is 12.4. The van der Waals surface area contributed by atoms with Crippen molar-refractivity contribution in [3.05, 3.63) is 71.0 Å². The van der Waals surface area contributed by atoms with Crippen LogP contribution < -0.4 is 5.32 Å². The fourth-order valence-electron chi connectivity index (χ4n) is 2.24. The van der Waals surface area contributed by atoms with Crippen LogP contribution in [0.1, 0.15) is 24.2 Å². The Morgan fingerprint density at radius 2 is 1.96 bits per heavy atom. The minimum Gasteiger partial charge on any atom is -0.375 e. The van der Waals surface area contributed by atoms with Crippen LogP contribution in [0.2, 0.25) is 5.02 Å². The Kier molecular flexibility index (Phi) is 4.26. The highest BCUT2D eigenvalue weighted by molar-refractivity contribution is 6.33. The van der Waals surface area contributed by atoms with Crippen molar-refractivity contribution in [1.82, 2.24) is 15.0 Å². The Bertz CT molecular complexity index is 851. The second kappa shape index (κ2) is 6.51. The molecule has 6 heteroatoms. The average Bonchev–Trinajstić information content (AvgIpc) is 3.07. The van der Waals surface area contributed by atoms with Gasteiger partial charge in [-0.2, -0.15) is 5.26 Å². The maximum atomic E-state index is 9.20. The lowest BCUT2D eigenvalue weighted by molar-refractivity contribution is 0.781. The molecular formula is C17H14ClN5. The molecule has 0 saturated carbocycles. The van der Waals surface area contributed by atoms with Gasteiger partial charge in [0.15, 0.2) is 0 Å². The zero-order valence-corrected chi connectivity index (χ0v) is 13.2. The molecule has 0 aliphatic rings. The molecule has 5 nitrogen and oxygen atoms in total. The third-order valence-corrected chi connectivity index (χ3v) is 3.79. The number of nitrogens with zero attached hydrogens (tertiary/aromatic N) is 4. The summed E-state index contributed by atoms with van der Waals surface area (Å²) in [5.41, 5.74) is 2.81. The van der Waals surface area contributed by atoms with Gasteiger partial charge in [-0.3, -0.25) is 0 Å². The summed E-state index contributed by atoms with van der Waals surface area (Å²) in [4.78, 5) is 0. The Morgan fingerprint density at radius 1 is 1.17 bits per heavy atom. The van der Waals surface area contributed by atoms with E-state index in [0.717, 1.165) is 11.4 Å². The summed E-state index contributed by atoms with van der Waals surface area (Å²) in [7, 11) is 0. The maximum absolute atomic E-state index is 9.20. The maximum Gasteiger partial charge on any atom is 0.105 e. The van der Waals surface area contributed by atoms with Crippen LogP contribution in [-0.4, -0.2) is 15.0 Å². The molecular weight excluding hydrogens is 310 g/mol. The van der Waals surface area contributed by atoms with Crippen molar-refractivity contribution < 1.29 is 0 Å². The molecule has 3 aromatic rings. The first-order valence-corrected chi connectivity index (χ1v) is 7.49. The summed E-state index contributed by atoms with van der Waals surface area (Å²) < 4.78 is 1.71. The van der Waals surface area contributed by atoms with Gasteiger partial charge in [0.1, 0.15) is 11.8 Å². The van der Waals surface area contributed by atoms with E-state index in [-0.39, 0.29) is 6.04 Å². The SMILES string of the molecule is CC(Nc1c(Cl)cccc1C#N)c1cn(-c2ccccc2)nn1. The van der Waals surface area contributed by atoms with Gasteiger partial charge >= 0.3 is 0 Å². The number of hydrogen-bond acceptors (Lipinski definition) is 4. The molecule has 0 saturated heterocycles. The second-order valence-electron chi connectivity index (χ2n) is 5.06. The first-order valence-electron chi connectivity index (χ1n) is 7.12. The van der Waals surface area contributed by atoms with Gasteiger partial charge < -0.3 is 5.32 Å². The number of nitriles is 1. The molecule has 0 aliphatic heterocycles. The summed E-state index contributed by atoms with van der Waals surface area (Å²) in [6.07, 6.45) is 1.86. The smallest absolute Gasteiger partial charge is 0.105 e. The zero-order chi connectivity index (χ0) is 16.2. The molecule has 0 spiro atoms. The van der Waals surface area contributed by atoms with Crippen molar-refractivity contribution in [2.75, 3.05) is 5.32 Å². The van der Waals surface area contributed by atoms with Crippen molar-refractivity contribution in [2.24, 2.45) is 0 Å². The van der Waals surface area contributed by atoms with E-state index >= 15 is 0 Å². The van der Waals surface area contributed by atoms with E-state index in [9.17, 15) is 5.26 Å². The van der Waals surface area contributed by atoms with E-state index in [1.165, 1.54) is 0 Å². The van der Waals surface area contributed by atoms with Gasteiger partial charge in [0.2, 0.25) is 0 Å². The molecule has 3 rings (SSSR count). The molecule has 0 amide bonds. The molecule has 114 valence electrons. The normalized spacial score (nSPS) is 11.7. The summed E-state index contributed by atoms with van der Waals surface area (Å²) in [6.45, 7) is 1.95. The van der Waals surface area contributed by atoms with E-state index in [0.29, 0.717) is 16.3 Å². The standard InChI is InChI=1S/C17H14ClN5/c1-12(20-17-13(10-19)6-5-9-15(17)18)16-11-23(22-21-16)14-7-3-2-4-8-14/h2-9,11-12,20H,1H3. The van der Waals surface area contributed by atoms with E-state index in [1.54, 1.807) is 22.9 Å². The van der Waals surface area contributed by atoms with Crippen molar-refractivity contribution in [3.63, 3.8) is 0 Å². The number of hydrogen-bond donors (Lipinski definition) is 1. The van der Waals surface area contributed by atoms with Crippen LogP contribution in [0.5, 0.6) is 0 Å². The van der Waals surface area contributed by atoms with Crippen LogP contribution in [0.4, 0.5) is 5.69 Å². The first kappa shape index (κ1) is 15.1. The third-order valence-electron chi connectivity index (χ3n) is 3.47. The monoisotopic (exact) mass is 323 g/mol. The van der Waals surface area contributed by atoms with Gasteiger partial charge in [-0.05, 0) is 31.2 Å². The van der Waals surface area contributed by atoms with E-state index in [2.05, 4.69) is 21.7 Å². The summed E-state index contributed by atoms with van der Waals surface area (Å²) in [5, 5.41) is 21.3. The molecule has 1 heterocycles. The minimum atomic E-state index is -0.139. The first-order chi connectivity index (χ1) is 11.2. The molecule has 1 unspecified atom stereocenters. The van der Waals surface area contributed by atoms with Crippen LogP contribution in [0, 0.1) is 11.3 Å². The predicted octanol–water partition coefficient (Wildman–Crippen LogP) is 3.97. The average molecular weight is 324 g/mol. The molecule has 23 heavy (non-hydrogen) atoms. The molecule has 2 aromatic carbocycles. The fourth-order valence-corrected chi connectivity index (χ4v) is 2.47. The molecule has 0 aliphatic carbocycles. The van der Waals surface area contributed by atoms with E-state index in [1.807, 2.05) is 43.5 Å². The molecule has 1 N–H and O–H groups in total. The van der Waals surface area contributed by atoms with Gasteiger partial charge in [-0.1, -0.05) is 41.1 Å². The van der Waals surface area contributed by atoms with Gasteiger partial charge in [0.05, 0.1) is 34.2 Å². The van der Waals surface area contributed by atoms with Gasteiger partial charge in [-0.15, -0.1) is 5.10 Å². The summed E-state index contributed by atoms with van der Waals surface area (Å²) >= 11 is 6.19. The Hall–Kier alpha value is -2.84. The lowest BCUT2D eigenvalue weighted by atomic mass is 10.1. The highest BCUT2D eigenvalue weighted by Gasteiger charge is 2.14. The lowest BCUT2D eigenvalue weighted by Crippen LogP contribution is -2.08. The summed E-state index contributed by atoms with van der Waals surface area (Å²) in [5.74, 6) is 0. The van der Waals surface area contributed by atoms with Crippen LogP contribution in [0.15, 0.2) is 54.7 Å². The molecule has 1 aromatic heterocycles. The van der Waals surface area contributed by atoms with Crippen molar-refractivity contribution in [2.45, 2.75) is 13.0 Å². The Balaban J connectivity index is 1.84. The number of nitrogens with one attached hydrogen (secondary N) is 1. The molecule has 0 radical (unpaired) electrons. The quantitative estimate of drug-likeness (QED) is 0.789. The summed E-state index contributed by atoms with van der Waals surface area (Å²) in [6, 6.07) is 17.0. The van der Waals surface area contributed by atoms with Crippen LogP contribution in [-0.2, 0) is 0 Å². The highest BCUT2D eigenvalue weighted by Crippen LogP contribution is 2.29. The van der Waals surface area contributed by atoms with Crippen molar-refractivity contribution in [1.29, 1.82) is 5.26 Å². The van der Waals surface area contributed by atoms with Crippen LogP contribution >= 0.6 is 11.6 Å². The third kappa shape index (κ3) is 3.17. The number of anilines is 1. The second-order valence-corrected chi connectivity index (χ2v) is 5.47. The number of rotatable bonds is 4. The molecule has 0 fully saturated rings.